The molecule has 0 aromatic rings. The summed E-state index contributed by atoms with van der Waals surface area (Å²) in [5.41, 5.74) is 0. The van der Waals surface area contributed by atoms with Crippen molar-refractivity contribution >= 4 is 12.0 Å². The van der Waals surface area contributed by atoms with Crippen molar-refractivity contribution in [1.82, 2.24) is 10.6 Å². The summed E-state index contributed by atoms with van der Waals surface area (Å²) in [5.74, 6) is 0.194. The Morgan fingerprint density at radius 2 is 2.12 bits per heavy atom. The standard InChI is InChI=1S/C12H22N2O3/c1-3-10(11(15)16)14-12(17)13-7-9-6-4-5-8(9)2/h8-10H,3-7H2,1-2H3,(H,15,16)(H2,13,14,17)/t8?,9?,10-/m0/s1. The van der Waals surface area contributed by atoms with Gasteiger partial charge in [-0.2, -0.15) is 0 Å². The van der Waals surface area contributed by atoms with Gasteiger partial charge in [-0.05, 0) is 24.7 Å². The van der Waals surface area contributed by atoms with Crippen molar-refractivity contribution in [2.24, 2.45) is 11.8 Å². The molecular weight excluding hydrogens is 220 g/mol. The highest BCUT2D eigenvalue weighted by atomic mass is 16.4. The van der Waals surface area contributed by atoms with Crippen molar-refractivity contribution in [3.63, 3.8) is 0 Å². The fraction of sp³-hybridized carbons (Fsp3) is 0.833. The van der Waals surface area contributed by atoms with Crippen LogP contribution in [0.3, 0.4) is 0 Å². The lowest BCUT2D eigenvalue weighted by Crippen LogP contribution is -2.46. The van der Waals surface area contributed by atoms with Crippen LogP contribution in [0.1, 0.15) is 39.5 Å². The molecule has 0 spiro atoms. The number of carbonyl (C=O) groups is 2. The van der Waals surface area contributed by atoms with Gasteiger partial charge in [-0.3, -0.25) is 0 Å². The molecule has 98 valence electrons. The third kappa shape index (κ3) is 4.24. The number of carbonyl (C=O) groups excluding carboxylic acids is 1. The summed E-state index contributed by atoms with van der Waals surface area (Å²) in [7, 11) is 0. The van der Waals surface area contributed by atoms with Crippen LogP contribution in [0.15, 0.2) is 0 Å². The van der Waals surface area contributed by atoms with E-state index in [4.69, 9.17) is 5.11 Å². The zero-order chi connectivity index (χ0) is 12.8. The topological polar surface area (TPSA) is 78.4 Å². The van der Waals surface area contributed by atoms with E-state index in [0.717, 1.165) is 6.42 Å². The maximum atomic E-state index is 11.5. The highest BCUT2D eigenvalue weighted by Crippen LogP contribution is 2.30. The summed E-state index contributed by atoms with van der Waals surface area (Å²) in [5, 5.41) is 14.0. The lowest BCUT2D eigenvalue weighted by molar-refractivity contribution is -0.139. The first-order valence-corrected chi connectivity index (χ1v) is 6.31. The highest BCUT2D eigenvalue weighted by molar-refractivity contribution is 5.82. The van der Waals surface area contributed by atoms with Gasteiger partial charge in [0.1, 0.15) is 6.04 Å². The zero-order valence-electron chi connectivity index (χ0n) is 10.5. The number of aliphatic carboxylic acids is 1. The molecule has 0 saturated heterocycles. The number of carboxylic acids is 1. The van der Waals surface area contributed by atoms with E-state index in [1.165, 1.54) is 12.8 Å². The number of hydrogen-bond donors (Lipinski definition) is 3. The maximum absolute atomic E-state index is 11.5. The molecular formula is C12H22N2O3. The van der Waals surface area contributed by atoms with E-state index in [1.807, 2.05) is 0 Å². The number of carboxylic acid groups (broad SMARTS) is 1. The summed E-state index contributed by atoms with van der Waals surface area (Å²) in [6, 6.07) is -1.17. The minimum atomic E-state index is -0.989. The van der Waals surface area contributed by atoms with Crippen LogP contribution in [0.2, 0.25) is 0 Å². The lowest BCUT2D eigenvalue weighted by Gasteiger charge is -2.18. The van der Waals surface area contributed by atoms with E-state index in [0.29, 0.717) is 24.8 Å². The second kappa shape index (κ2) is 6.47. The molecule has 0 heterocycles. The van der Waals surface area contributed by atoms with Crippen LogP contribution in [-0.2, 0) is 4.79 Å². The molecule has 1 aliphatic rings. The van der Waals surface area contributed by atoms with E-state index in [9.17, 15) is 9.59 Å². The molecule has 5 nitrogen and oxygen atoms in total. The Hall–Kier alpha value is -1.26. The third-order valence-electron chi connectivity index (χ3n) is 3.58. The molecule has 1 rings (SSSR count). The van der Waals surface area contributed by atoms with Crippen molar-refractivity contribution in [3.05, 3.63) is 0 Å². The smallest absolute Gasteiger partial charge is 0.326 e. The molecule has 0 aromatic heterocycles. The predicted octanol–water partition coefficient (Wildman–Crippen LogP) is 1.58. The van der Waals surface area contributed by atoms with E-state index < -0.39 is 12.0 Å². The van der Waals surface area contributed by atoms with Crippen LogP contribution in [0, 0.1) is 11.8 Å². The van der Waals surface area contributed by atoms with Gasteiger partial charge < -0.3 is 15.7 Å². The first-order chi connectivity index (χ1) is 8.04. The second-order valence-electron chi connectivity index (χ2n) is 4.82. The molecule has 2 unspecified atom stereocenters. The molecule has 2 amide bonds. The molecule has 0 aromatic carbocycles. The Balaban J connectivity index is 2.27. The molecule has 1 aliphatic carbocycles. The zero-order valence-corrected chi connectivity index (χ0v) is 10.5. The van der Waals surface area contributed by atoms with Crippen molar-refractivity contribution in [3.8, 4) is 0 Å². The average molecular weight is 242 g/mol. The molecule has 0 radical (unpaired) electrons. The van der Waals surface area contributed by atoms with Crippen molar-refractivity contribution < 1.29 is 14.7 Å². The van der Waals surface area contributed by atoms with Crippen LogP contribution in [0.4, 0.5) is 4.79 Å². The molecule has 0 aliphatic heterocycles. The lowest BCUT2D eigenvalue weighted by atomic mass is 9.98. The van der Waals surface area contributed by atoms with Crippen LogP contribution in [0.25, 0.3) is 0 Å². The van der Waals surface area contributed by atoms with Crippen molar-refractivity contribution in [2.45, 2.75) is 45.6 Å². The van der Waals surface area contributed by atoms with Crippen LogP contribution in [-0.4, -0.2) is 29.7 Å². The van der Waals surface area contributed by atoms with Crippen molar-refractivity contribution in [1.29, 1.82) is 0 Å². The Bertz CT molecular complexity index is 281. The van der Waals surface area contributed by atoms with E-state index >= 15 is 0 Å². The Morgan fingerprint density at radius 1 is 1.41 bits per heavy atom. The van der Waals surface area contributed by atoms with Gasteiger partial charge in [0.15, 0.2) is 0 Å². The summed E-state index contributed by atoms with van der Waals surface area (Å²) in [6.07, 6.45) is 3.99. The summed E-state index contributed by atoms with van der Waals surface area (Å²) in [4.78, 5) is 22.2. The van der Waals surface area contributed by atoms with Gasteiger partial charge in [0.05, 0.1) is 0 Å². The summed E-state index contributed by atoms with van der Waals surface area (Å²) >= 11 is 0. The maximum Gasteiger partial charge on any atom is 0.326 e. The SMILES string of the molecule is CC[C@H](NC(=O)NCC1CCCC1C)C(=O)O. The van der Waals surface area contributed by atoms with Gasteiger partial charge in [0, 0.05) is 6.54 Å². The van der Waals surface area contributed by atoms with Crippen LogP contribution >= 0.6 is 0 Å². The molecule has 17 heavy (non-hydrogen) atoms. The van der Waals surface area contributed by atoms with Crippen molar-refractivity contribution in [2.75, 3.05) is 6.54 Å². The Kier molecular flexibility index (Phi) is 5.25. The van der Waals surface area contributed by atoms with E-state index in [1.54, 1.807) is 6.92 Å². The normalized spacial score (nSPS) is 25.3. The van der Waals surface area contributed by atoms with Gasteiger partial charge in [0.2, 0.25) is 0 Å². The van der Waals surface area contributed by atoms with Gasteiger partial charge >= 0.3 is 12.0 Å². The number of hydrogen-bond acceptors (Lipinski definition) is 2. The molecule has 3 N–H and O–H groups in total. The van der Waals surface area contributed by atoms with Crippen LogP contribution in [0.5, 0.6) is 0 Å². The summed E-state index contributed by atoms with van der Waals surface area (Å²) < 4.78 is 0. The fourth-order valence-electron chi connectivity index (χ4n) is 2.30. The molecule has 3 atom stereocenters. The highest BCUT2D eigenvalue weighted by Gasteiger charge is 2.24. The minimum Gasteiger partial charge on any atom is -0.480 e. The number of nitrogens with one attached hydrogen (secondary N) is 2. The number of rotatable bonds is 5. The second-order valence-corrected chi connectivity index (χ2v) is 4.82. The van der Waals surface area contributed by atoms with Gasteiger partial charge in [-0.25, -0.2) is 9.59 Å². The number of urea groups is 1. The summed E-state index contributed by atoms with van der Waals surface area (Å²) in [6.45, 7) is 4.57. The first kappa shape index (κ1) is 13.8. The monoisotopic (exact) mass is 242 g/mol. The van der Waals surface area contributed by atoms with E-state index in [-0.39, 0.29) is 6.03 Å². The molecule has 0 bridgehead atoms. The molecule has 1 saturated carbocycles. The van der Waals surface area contributed by atoms with Gasteiger partial charge in [-0.1, -0.05) is 26.7 Å². The third-order valence-corrected chi connectivity index (χ3v) is 3.58. The Morgan fingerprint density at radius 3 is 2.59 bits per heavy atom. The largest absolute Gasteiger partial charge is 0.480 e. The average Bonchev–Trinajstić information content (AvgIpc) is 2.68. The quantitative estimate of drug-likeness (QED) is 0.685. The Labute approximate surface area is 102 Å². The first-order valence-electron chi connectivity index (χ1n) is 6.31. The predicted molar refractivity (Wildman–Crippen MR) is 64.8 cm³/mol. The fourth-order valence-corrected chi connectivity index (χ4v) is 2.30. The number of amides is 2. The molecule has 5 heteroatoms. The van der Waals surface area contributed by atoms with Gasteiger partial charge in [-0.15, -0.1) is 0 Å². The molecule has 1 fully saturated rings. The minimum absolute atomic E-state index is 0.377. The van der Waals surface area contributed by atoms with Gasteiger partial charge in [0.25, 0.3) is 0 Å². The van der Waals surface area contributed by atoms with E-state index in [2.05, 4.69) is 17.6 Å². The van der Waals surface area contributed by atoms with Crippen LogP contribution < -0.4 is 10.6 Å².